The van der Waals surface area contributed by atoms with Crippen molar-refractivity contribution in [2.75, 3.05) is 5.94 Å². The molecule has 7 heavy (non-hydrogen) atoms. The summed E-state index contributed by atoms with van der Waals surface area (Å²) in [5, 5.41) is 7.77. The Hall–Kier alpha value is -0.420. The minimum absolute atomic E-state index is 0.285. The fourth-order valence-electron chi connectivity index (χ4n) is 0.0304. The fraction of sp³-hybridized carbons (Fsp3) is 0.500. The molecule has 0 spiro atoms. The number of carbonyl (C=O) groups excluding carboxylic acids is 1. The van der Waals surface area contributed by atoms with E-state index in [0.717, 1.165) is 0 Å². The summed E-state index contributed by atoms with van der Waals surface area (Å²) in [5.74, 6) is -1.10. The van der Waals surface area contributed by atoms with Gasteiger partial charge in [-0.3, -0.25) is 4.79 Å². The average molecular weight is 124 g/mol. The van der Waals surface area contributed by atoms with Crippen LogP contribution in [0.4, 0.5) is 0 Å². The van der Waals surface area contributed by atoms with Crippen LogP contribution < -0.4 is 0 Å². The minimum atomic E-state index is -3.78. The highest BCUT2D eigenvalue weighted by molar-refractivity contribution is 8.04. The zero-order valence-electron chi connectivity index (χ0n) is 3.36. The normalized spacial score (nSPS) is 11.0. The van der Waals surface area contributed by atoms with Gasteiger partial charge in [0.25, 0.3) is 0 Å². The second-order valence-electron chi connectivity index (χ2n) is 0.888. The number of rotatable bonds is 2. The van der Waals surface area contributed by atoms with Gasteiger partial charge in [0, 0.05) is 0 Å². The predicted octanol–water partition coefficient (Wildman–Crippen LogP) is -1.46. The number of aliphatic hydroxyl groups is 1. The standard InChI is InChI=1S/C2H4O4S/c3-1-7(5,6)2-4/h1,4H,2H2. The van der Waals surface area contributed by atoms with Crippen molar-refractivity contribution in [3.63, 3.8) is 0 Å². The first-order valence-electron chi connectivity index (χ1n) is 1.41. The highest BCUT2D eigenvalue weighted by Crippen LogP contribution is 1.74. The molecule has 0 saturated heterocycles. The fourth-order valence-corrected chi connectivity index (χ4v) is 0.0913. The monoisotopic (exact) mass is 124 g/mol. The van der Waals surface area contributed by atoms with Gasteiger partial charge < -0.3 is 5.11 Å². The molecule has 0 heterocycles. The molecule has 4 nitrogen and oxygen atoms in total. The van der Waals surface area contributed by atoms with Gasteiger partial charge in [0.15, 0.2) is 5.94 Å². The molecule has 42 valence electrons. The van der Waals surface area contributed by atoms with Gasteiger partial charge in [-0.1, -0.05) is 0 Å². The van der Waals surface area contributed by atoms with E-state index in [9.17, 15) is 13.2 Å². The molecule has 0 aliphatic rings. The minimum Gasteiger partial charge on any atom is -0.380 e. The molecule has 0 unspecified atom stereocenters. The Morgan fingerprint density at radius 2 is 2.00 bits per heavy atom. The van der Waals surface area contributed by atoms with Gasteiger partial charge in [-0.15, -0.1) is 0 Å². The average Bonchev–Trinajstić information content (AvgIpc) is 1.68. The molecule has 0 fully saturated rings. The Balaban J connectivity index is 4.17. The summed E-state index contributed by atoms with van der Waals surface area (Å²) in [5.41, 5.74) is -0.285. The summed E-state index contributed by atoms with van der Waals surface area (Å²) in [6.07, 6.45) is 0. The maximum Gasteiger partial charge on any atom is 0.236 e. The topological polar surface area (TPSA) is 71.4 Å². The van der Waals surface area contributed by atoms with Crippen molar-refractivity contribution in [3.05, 3.63) is 0 Å². The maximum absolute atomic E-state index is 9.75. The van der Waals surface area contributed by atoms with Gasteiger partial charge in [0.2, 0.25) is 15.5 Å². The summed E-state index contributed by atoms with van der Waals surface area (Å²) in [7, 11) is -3.78. The third kappa shape index (κ3) is 2.30. The Morgan fingerprint density at radius 3 is 2.00 bits per heavy atom. The molecule has 0 aromatic heterocycles. The zero-order valence-corrected chi connectivity index (χ0v) is 4.18. The largest absolute Gasteiger partial charge is 0.380 e. The number of aliphatic hydroxyl groups excluding tert-OH is 1. The second kappa shape index (κ2) is 2.04. The summed E-state index contributed by atoms with van der Waals surface area (Å²) in [6.45, 7) is 0. The molecule has 0 rings (SSSR count). The van der Waals surface area contributed by atoms with Gasteiger partial charge in [0.05, 0.1) is 0 Å². The number of hydrogen-bond acceptors (Lipinski definition) is 4. The van der Waals surface area contributed by atoms with Crippen LogP contribution in [0.1, 0.15) is 0 Å². The molecule has 0 atom stereocenters. The number of hydrogen-bond donors (Lipinski definition) is 1. The van der Waals surface area contributed by atoms with Crippen molar-refractivity contribution in [2.24, 2.45) is 0 Å². The Kier molecular flexibility index (Phi) is 1.91. The Labute approximate surface area is 40.7 Å². The van der Waals surface area contributed by atoms with Crippen molar-refractivity contribution in [2.45, 2.75) is 0 Å². The molecule has 0 bridgehead atoms. The molecule has 1 N–H and O–H groups in total. The SMILES string of the molecule is O=CS(=O)(=O)CO. The predicted molar refractivity (Wildman–Crippen MR) is 22.8 cm³/mol. The van der Waals surface area contributed by atoms with E-state index >= 15 is 0 Å². The molecule has 0 radical (unpaired) electrons. The first kappa shape index (κ1) is 6.58. The molecule has 0 saturated carbocycles. The molecular formula is C2H4O4S. The van der Waals surface area contributed by atoms with Crippen LogP contribution in [0, 0.1) is 0 Å². The van der Waals surface area contributed by atoms with Crippen LogP contribution in [0.15, 0.2) is 0 Å². The summed E-state index contributed by atoms with van der Waals surface area (Å²) >= 11 is 0. The molecule has 0 aliphatic carbocycles. The van der Waals surface area contributed by atoms with Crippen LogP contribution in [0.3, 0.4) is 0 Å². The lowest BCUT2D eigenvalue weighted by atomic mass is 11.7. The van der Waals surface area contributed by atoms with Crippen molar-refractivity contribution in [3.8, 4) is 0 Å². The van der Waals surface area contributed by atoms with Crippen LogP contribution in [-0.4, -0.2) is 25.1 Å². The van der Waals surface area contributed by atoms with E-state index in [1.165, 1.54) is 0 Å². The second-order valence-corrected chi connectivity index (χ2v) is 2.66. The lowest BCUT2D eigenvalue weighted by Crippen LogP contribution is -2.04. The van der Waals surface area contributed by atoms with Crippen LogP contribution >= 0.6 is 0 Å². The lowest BCUT2D eigenvalue weighted by molar-refractivity contribution is 0.361. The van der Waals surface area contributed by atoms with Crippen LogP contribution in [0.2, 0.25) is 0 Å². The summed E-state index contributed by atoms with van der Waals surface area (Å²) in [4.78, 5) is 9.31. The van der Waals surface area contributed by atoms with E-state index in [1.807, 2.05) is 0 Å². The molecule has 5 heteroatoms. The van der Waals surface area contributed by atoms with Crippen molar-refractivity contribution in [1.82, 2.24) is 0 Å². The van der Waals surface area contributed by atoms with Gasteiger partial charge in [-0.05, 0) is 0 Å². The van der Waals surface area contributed by atoms with Crippen molar-refractivity contribution >= 4 is 15.5 Å². The van der Waals surface area contributed by atoms with Gasteiger partial charge in [-0.2, -0.15) is 0 Å². The van der Waals surface area contributed by atoms with E-state index in [4.69, 9.17) is 5.11 Å². The molecule has 0 aromatic carbocycles. The van der Waals surface area contributed by atoms with Gasteiger partial charge in [-0.25, -0.2) is 8.42 Å². The van der Waals surface area contributed by atoms with Crippen LogP contribution in [0.25, 0.3) is 0 Å². The smallest absolute Gasteiger partial charge is 0.236 e. The third-order valence-electron chi connectivity index (χ3n) is 0.327. The van der Waals surface area contributed by atoms with E-state index < -0.39 is 15.8 Å². The summed E-state index contributed by atoms with van der Waals surface area (Å²) in [6, 6.07) is 0. The highest BCUT2D eigenvalue weighted by Gasteiger charge is 2.02. The quantitative estimate of drug-likeness (QED) is 0.457. The van der Waals surface area contributed by atoms with E-state index in [0.29, 0.717) is 0 Å². The number of carbonyl (C=O) groups is 1. The molecule has 0 amide bonds. The van der Waals surface area contributed by atoms with Gasteiger partial charge in [0.1, 0.15) is 0 Å². The van der Waals surface area contributed by atoms with E-state index in [2.05, 4.69) is 0 Å². The number of sulfone groups is 1. The molecular weight excluding hydrogens is 120 g/mol. The Bertz CT molecular complexity index is 143. The zero-order chi connectivity index (χ0) is 5.91. The van der Waals surface area contributed by atoms with E-state index in [-0.39, 0.29) is 5.62 Å². The van der Waals surface area contributed by atoms with Crippen LogP contribution in [0.5, 0.6) is 0 Å². The van der Waals surface area contributed by atoms with Crippen molar-refractivity contribution in [1.29, 1.82) is 0 Å². The van der Waals surface area contributed by atoms with Crippen molar-refractivity contribution < 1.29 is 18.3 Å². The Morgan fingerprint density at radius 1 is 1.57 bits per heavy atom. The summed E-state index contributed by atoms with van der Waals surface area (Å²) < 4.78 is 19.5. The molecule has 0 aliphatic heterocycles. The molecule has 0 aromatic rings. The highest BCUT2D eigenvalue weighted by atomic mass is 32.2. The lowest BCUT2D eigenvalue weighted by Gasteiger charge is -1.79. The maximum atomic E-state index is 9.75. The first-order chi connectivity index (χ1) is 3.12. The van der Waals surface area contributed by atoms with Gasteiger partial charge >= 0.3 is 0 Å². The van der Waals surface area contributed by atoms with E-state index in [1.54, 1.807) is 0 Å². The first-order valence-corrected chi connectivity index (χ1v) is 3.13. The third-order valence-corrected chi connectivity index (χ3v) is 0.980. The van der Waals surface area contributed by atoms with Crippen LogP contribution in [-0.2, 0) is 14.6 Å².